The number of benzene rings is 1. The molecule has 3 aliphatic heterocycles. The monoisotopic (exact) mass is 344 g/mol. The number of hydrogen-bond acceptors (Lipinski definition) is 3. The van der Waals surface area contributed by atoms with Crippen molar-refractivity contribution in [3.63, 3.8) is 0 Å². The zero-order chi connectivity index (χ0) is 16.7. The summed E-state index contributed by atoms with van der Waals surface area (Å²) >= 11 is 6.36. The lowest BCUT2D eigenvalue weighted by atomic mass is 9.94. The van der Waals surface area contributed by atoms with E-state index in [0.717, 1.165) is 31.7 Å². The van der Waals surface area contributed by atoms with Gasteiger partial charge in [-0.25, -0.2) is 4.68 Å². The molecule has 126 valence electrons. The van der Waals surface area contributed by atoms with E-state index in [1.165, 1.54) is 6.42 Å². The smallest absolute Gasteiger partial charge is 0.255 e. The Morgan fingerprint density at radius 3 is 2.92 bits per heavy atom. The van der Waals surface area contributed by atoms with E-state index in [-0.39, 0.29) is 11.9 Å². The van der Waals surface area contributed by atoms with Crippen LogP contribution >= 0.6 is 11.6 Å². The van der Waals surface area contributed by atoms with Crippen molar-refractivity contribution < 1.29 is 4.79 Å². The molecule has 0 spiro atoms. The molecule has 1 aromatic carbocycles. The minimum Gasteiger partial charge on any atom is -0.334 e. The second-order valence-corrected chi connectivity index (χ2v) is 7.30. The van der Waals surface area contributed by atoms with Crippen molar-refractivity contribution in [2.75, 3.05) is 26.7 Å². The molecule has 2 bridgehead atoms. The summed E-state index contributed by atoms with van der Waals surface area (Å²) in [6.45, 7) is 2.84. The molecule has 5 nitrogen and oxygen atoms in total. The summed E-state index contributed by atoms with van der Waals surface area (Å²) in [7, 11) is 2.14. The highest BCUT2D eigenvalue weighted by Crippen LogP contribution is 2.30. The average molecular weight is 345 g/mol. The van der Waals surface area contributed by atoms with Crippen LogP contribution in [0.5, 0.6) is 0 Å². The maximum absolute atomic E-state index is 13.2. The second kappa shape index (κ2) is 6.22. The SMILES string of the molecule is CN1C[C@@H]2CC[C@H](C1)N(C(=O)c1cc(-n3cccn3)ccc1Cl)C2. The molecule has 1 aromatic heterocycles. The first kappa shape index (κ1) is 15.7. The van der Waals surface area contributed by atoms with Gasteiger partial charge in [-0.1, -0.05) is 11.6 Å². The quantitative estimate of drug-likeness (QED) is 0.841. The number of fused-ring (bicyclic) bond motifs is 4. The summed E-state index contributed by atoms with van der Waals surface area (Å²) in [5, 5.41) is 4.74. The molecule has 2 atom stereocenters. The van der Waals surface area contributed by atoms with Crippen LogP contribution in [0.15, 0.2) is 36.7 Å². The Hall–Kier alpha value is -1.85. The molecular weight excluding hydrogens is 324 g/mol. The van der Waals surface area contributed by atoms with Gasteiger partial charge in [0, 0.05) is 38.1 Å². The van der Waals surface area contributed by atoms with E-state index in [1.54, 1.807) is 16.9 Å². The molecule has 3 saturated heterocycles. The van der Waals surface area contributed by atoms with Crippen molar-refractivity contribution in [1.29, 1.82) is 0 Å². The maximum Gasteiger partial charge on any atom is 0.255 e. The highest BCUT2D eigenvalue weighted by molar-refractivity contribution is 6.33. The Bertz CT molecular complexity index is 745. The number of hydrogen-bond donors (Lipinski definition) is 0. The molecule has 0 aliphatic carbocycles. The van der Waals surface area contributed by atoms with Crippen LogP contribution in [0.3, 0.4) is 0 Å². The number of carbonyl (C=O) groups excluding carboxylic acids is 1. The number of nitrogens with zero attached hydrogens (tertiary/aromatic N) is 4. The van der Waals surface area contributed by atoms with Gasteiger partial charge in [0.25, 0.3) is 5.91 Å². The van der Waals surface area contributed by atoms with Crippen molar-refractivity contribution in [2.45, 2.75) is 18.9 Å². The van der Waals surface area contributed by atoms with Crippen LogP contribution in [-0.4, -0.2) is 58.2 Å². The van der Waals surface area contributed by atoms with E-state index < -0.39 is 0 Å². The number of rotatable bonds is 2. The molecule has 24 heavy (non-hydrogen) atoms. The zero-order valence-corrected chi connectivity index (χ0v) is 14.5. The summed E-state index contributed by atoms with van der Waals surface area (Å²) < 4.78 is 1.75. The van der Waals surface area contributed by atoms with E-state index in [1.807, 2.05) is 29.3 Å². The minimum absolute atomic E-state index is 0.0407. The number of likely N-dealkylation sites (N-methyl/N-ethyl adjacent to an activating group) is 1. The molecule has 0 N–H and O–H groups in total. The number of amides is 1. The second-order valence-electron chi connectivity index (χ2n) is 6.89. The fraction of sp³-hybridized carbons (Fsp3) is 0.444. The van der Waals surface area contributed by atoms with Gasteiger partial charge in [-0.2, -0.15) is 5.10 Å². The van der Waals surface area contributed by atoms with E-state index in [2.05, 4.69) is 17.0 Å². The first-order valence-electron chi connectivity index (χ1n) is 8.41. The molecular formula is C18H21ClN4O. The average Bonchev–Trinajstić information content (AvgIpc) is 2.98. The fourth-order valence-corrected chi connectivity index (χ4v) is 4.16. The predicted molar refractivity (Wildman–Crippen MR) is 93.6 cm³/mol. The van der Waals surface area contributed by atoms with Crippen molar-refractivity contribution in [2.24, 2.45) is 5.92 Å². The Morgan fingerprint density at radius 1 is 1.25 bits per heavy atom. The van der Waals surface area contributed by atoms with Gasteiger partial charge in [0.1, 0.15) is 0 Å². The van der Waals surface area contributed by atoms with Crippen LogP contribution in [0, 0.1) is 5.92 Å². The highest BCUT2D eigenvalue weighted by Gasteiger charge is 2.36. The lowest BCUT2D eigenvalue weighted by Crippen LogP contribution is -2.47. The first-order chi connectivity index (χ1) is 11.6. The standard InChI is InChI=1S/C18H21ClN4O/c1-21-10-13-3-4-15(12-21)22(11-13)18(24)16-9-14(5-6-17(16)19)23-8-2-7-20-23/h2,5-9,13,15H,3-4,10-12H2,1H3/t13-,15+/m0/s1. The van der Waals surface area contributed by atoms with Crippen LogP contribution in [0.25, 0.3) is 5.69 Å². The summed E-state index contributed by atoms with van der Waals surface area (Å²) in [4.78, 5) is 17.6. The van der Waals surface area contributed by atoms with Crippen LogP contribution in [0.4, 0.5) is 0 Å². The van der Waals surface area contributed by atoms with Crippen LogP contribution in [-0.2, 0) is 0 Å². The number of halogens is 1. The van der Waals surface area contributed by atoms with Gasteiger partial charge in [-0.05, 0) is 50.1 Å². The molecule has 1 amide bonds. The third kappa shape index (κ3) is 2.82. The van der Waals surface area contributed by atoms with Crippen molar-refractivity contribution in [3.05, 3.63) is 47.2 Å². The van der Waals surface area contributed by atoms with Gasteiger partial charge >= 0.3 is 0 Å². The lowest BCUT2D eigenvalue weighted by Gasteiger charge is -2.36. The van der Waals surface area contributed by atoms with Gasteiger partial charge in [0.15, 0.2) is 0 Å². The van der Waals surface area contributed by atoms with Crippen molar-refractivity contribution in [3.8, 4) is 5.69 Å². The summed E-state index contributed by atoms with van der Waals surface area (Å²) in [6.07, 6.45) is 5.87. The first-order valence-corrected chi connectivity index (χ1v) is 8.78. The van der Waals surface area contributed by atoms with E-state index >= 15 is 0 Å². The number of piperidine rings is 1. The van der Waals surface area contributed by atoms with Gasteiger partial charge in [-0.3, -0.25) is 4.79 Å². The summed E-state index contributed by atoms with van der Waals surface area (Å²) in [6, 6.07) is 7.66. The van der Waals surface area contributed by atoms with Crippen molar-refractivity contribution in [1.82, 2.24) is 19.6 Å². The maximum atomic E-state index is 13.2. The molecule has 6 heteroatoms. The van der Waals surface area contributed by atoms with Gasteiger partial charge in [0.05, 0.1) is 16.3 Å². The van der Waals surface area contributed by atoms with E-state index in [0.29, 0.717) is 16.5 Å². The van der Waals surface area contributed by atoms with Crippen molar-refractivity contribution >= 4 is 17.5 Å². The van der Waals surface area contributed by atoms with E-state index in [9.17, 15) is 4.79 Å². The van der Waals surface area contributed by atoms with Gasteiger partial charge in [0.2, 0.25) is 0 Å². The fourth-order valence-electron chi connectivity index (χ4n) is 3.96. The summed E-state index contributed by atoms with van der Waals surface area (Å²) in [5.41, 5.74) is 1.42. The molecule has 0 saturated carbocycles. The van der Waals surface area contributed by atoms with Crippen LogP contribution in [0.2, 0.25) is 5.02 Å². The van der Waals surface area contributed by atoms with Crippen LogP contribution < -0.4 is 0 Å². The normalized spacial score (nSPS) is 24.2. The van der Waals surface area contributed by atoms with E-state index in [4.69, 9.17) is 11.6 Å². The Balaban J connectivity index is 1.66. The number of aromatic nitrogens is 2. The zero-order valence-electron chi connectivity index (χ0n) is 13.7. The topological polar surface area (TPSA) is 41.4 Å². The molecule has 3 aliphatic rings. The summed E-state index contributed by atoms with van der Waals surface area (Å²) in [5.74, 6) is 0.602. The molecule has 0 unspecified atom stereocenters. The van der Waals surface area contributed by atoms with Gasteiger partial charge in [-0.15, -0.1) is 0 Å². The Kier molecular flexibility index (Phi) is 4.06. The third-order valence-corrected chi connectivity index (χ3v) is 5.44. The molecule has 3 fully saturated rings. The largest absolute Gasteiger partial charge is 0.334 e. The number of carbonyl (C=O) groups is 1. The molecule has 2 aromatic rings. The Labute approximate surface area is 146 Å². The third-order valence-electron chi connectivity index (χ3n) is 5.11. The Morgan fingerprint density at radius 2 is 2.12 bits per heavy atom. The minimum atomic E-state index is 0.0407. The molecule has 4 heterocycles. The molecule has 0 radical (unpaired) electrons. The van der Waals surface area contributed by atoms with Gasteiger partial charge < -0.3 is 9.80 Å². The highest BCUT2D eigenvalue weighted by atomic mass is 35.5. The lowest BCUT2D eigenvalue weighted by molar-refractivity contribution is 0.0587. The predicted octanol–water partition coefficient (Wildman–Crippen LogP) is 2.69. The molecule has 5 rings (SSSR count). The van der Waals surface area contributed by atoms with Crippen LogP contribution in [0.1, 0.15) is 23.2 Å².